The van der Waals surface area contributed by atoms with Gasteiger partial charge in [0.15, 0.2) is 5.70 Å². The van der Waals surface area contributed by atoms with E-state index in [-0.39, 0.29) is 5.70 Å². The first-order valence-corrected chi connectivity index (χ1v) is 8.27. The van der Waals surface area contributed by atoms with Gasteiger partial charge in [-0.05, 0) is 48.5 Å². The van der Waals surface area contributed by atoms with Crippen LogP contribution in [-0.4, -0.2) is 19.0 Å². The van der Waals surface area contributed by atoms with Crippen LogP contribution in [0.25, 0.3) is 6.08 Å². The zero-order valence-electron chi connectivity index (χ0n) is 12.0. The number of hydrogen-bond acceptors (Lipinski definition) is 4. The largest absolute Gasteiger partial charge is 0.496 e. The average Bonchev–Trinajstić information content (AvgIpc) is 2.89. The molecular formula is C17H11Br2NO3. The molecular weight excluding hydrogens is 426 g/mol. The highest BCUT2D eigenvalue weighted by molar-refractivity contribution is 9.10. The number of halogens is 2. The summed E-state index contributed by atoms with van der Waals surface area (Å²) in [6, 6.07) is 12.9. The van der Waals surface area contributed by atoms with E-state index in [1.54, 1.807) is 13.2 Å². The van der Waals surface area contributed by atoms with E-state index in [0.29, 0.717) is 11.6 Å². The van der Waals surface area contributed by atoms with Gasteiger partial charge in [0, 0.05) is 20.1 Å². The summed E-state index contributed by atoms with van der Waals surface area (Å²) in [5, 5.41) is 0. The van der Waals surface area contributed by atoms with Crippen molar-refractivity contribution >= 4 is 49.8 Å². The van der Waals surface area contributed by atoms with Crippen molar-refractivity contribution in [2.75, 3.05) is 7.11 Å². The van der Waals surface area contributed by atoms with Crippen LogP contribution < -0.4 is 4.74 Å². The minimum Gasteiger partial charge on any atom is -0.496 e. The van der Waals surface area contributed by atoms with Crippen molar-refractivity contribution in [3.63, 3.8) is 0 Å². The number of hydrogen-bond donors (Lipinski definition) is 0. The Bertz CT molecular complexity index is 826. The second-order valence-corrected chi connectivity index (χ2v) is 6.56. The van der Waals surface area contributed by atoms with Crippen LogP contribution in [-0.2, 0) is 9.53 Å². The molecule has 23 heavy (non-hydrogen) atoms. The van der Waals surface area contributed by atoms with Crippen molar-refractivity contribution < 1.29 is 14.3 Å². The number of carbonyl (C=O) groups excluding carboxylic acids is 1. The van der Waals surface area contributed by atoms with Gasteiger partial charge in [-0.2, -0.15) is 0 Å². The quantitative estimate of drug-likeness (QED) is 0.523. The molecule has 1 aliphatic rings. The number of benzene rings is 2. The van der Waals surface area contributed by atoms with Gasteiger partial charge >= 0.3 is 5.97 Å². The predicted octanol–water partition coefficient (Wildman–Crippen LogP) is 4.56. The highest BCUT2D eigenvalue weighted by Gasteiger charge is 2.24. The maximum Gasteiger partial charge on any atom is 0.363 e. The summed E-state index contributed by atoms with van der Waals surface area (Å²) in [6.45, 7) is 0. The Balaban J connectivity index is 1.98. The minimum atomic E-state index is -0.482. The second-order valence-electron chi connectivity index (χ2n) is 4.73. The SMILES string of the molecule is COc1ccc(Br)cc1/C=C1/N=C(c2ccc(Br)cc2)OC1=O. The first-order valence-electron chi connectivity index (χ1n) is 6.69. The normalized spacial score (nSPS) is 15.5. The number of carbonyl (C=O) groups is 1. The van der Waals surface area contributed by atoms with Gasteiger partial charge < -0.3 is 9.47 Å². The average molecular weight is 437 g/mol. The van der Waals surface area contributed by atoms with Gasteiger partial charge in [0.1, 0.15) is 5.75 Å². The summed E-state index contributed by atoms with van der Waals surface area (Å²) in [4.78, 5) is 16.3. The van der Waals surface area contributed by atoms with Crippen molar-refractivity contribution in [2.45, 2.75) is 0 Å². The molecule has 0 N–H and O–H groups in total. The Hall–Kier alpha value is -1.92. The number of cyclic esters (lactones) is 1. The van der Waals surface area contributed by atoms with Crippen molar-refractivity contribution in [2.24, 2.45) is 4.99 Å². The number of methoxy groups -OCH3 is 1. The number of esters is 1. The van der Waals surface area contributed by atoms with Crippen LogP contribution in [0.15, 0.2) is 62.1 Å². The number of nitrogens with zero attached hydrogens (tertiary/aromatic N) is 1. The highest BCUT2D eigenvalue weighted by Crippen LogP contribution is 2.27. The van der Waals surface area contributed by atoms with Crippen molar-refractivity contribution in [1.82, 2.24) is 0 Å². The van der Waals surface area contributed by atoms with Crippen LogP contribution in [0.1, 0.15) is 11.1 Å². The van der Waals surface area contributed by atoms with E-state index >= 15 is 0 Å². The lowest BCUT2D eigenvalue weighted by atomic mass is 10.1. The third-order valence-electron chi connectivity index (χ3n) is 3.20. The molecule has 0 aromatic heterocycles. The molecule has 0 spiro atoms. The summed E-state index contributed by atoms with van der Waals surface area (Å²) in [6.07, 6.45) is 1.65. The van der Waals surface area contributed by atoms with Crippen LogP contribution in [0.3, 0.4) is 0 Å². The molecule has 2 aromatic rings. The van der Waals surface area contributed by atoms with Crippen LogP contribution >= 0.6 is 31.9 Å². The third-order valence-corrected chi connectivity index (χ3v) is 4.22. The Kier molecular flexibility index (Phi) is 4.63. The van der Waals surface area contributed by atoms with Gasteiger partial charge in [0.2, 0.25) is 5.90 Å². The lowest BCUT2D eigenvalue weighted by Gasteiger charge is -2.04. The smallest absolute Gasteiger partial charge is 0.363 e. The van der Waals surface area contributed by atoms with Crippen LogP contribution in [0.4, 0.5) is 0 Å². The van der Waals surface area contributed by atoms with Crippen molar-refractivity contribution in [3.8, 4) is 5.75 Å². The third kappa shape index (κ3) is 3.54. The summed E-state index contributed by atoms with van der Waals surface area (Å²) < 4.78 is 12.4. The van der Waals surface area contributed by atoms with Gasteiger partial charge in [-0.25, -0.2) is 9.79 Å². The molecule has 0 saturated heterocycles. The van der Waals surface area contributed by atoms with Crippen molar-refractivity contribution in [1.29, 1.82) is 0 Å². The lowest BCUT2D eigenvalue weighted by Crippen LogP contribution is -2.05. The van der Waals surface area contributed by atoms with Crippen LogP contribution in [0.5, 0.6) is 5.75 Å². The molecule has 2 aromatic carbocycles. The van der Waals surface area contributed by atoms with E-state index < -0.39 is 5.97 Å². The highest BCUT2D eigenvalue weighted by atomic mass is 79.9. The van der Waals surface area contributed by atoms with Crippen molar-refractivity contribution in [3.05, 3.63) is 68.2 Å². The van der Waals surface area contributed by atoms with Gasteiger partial charge in [-0.3, -0.25) is 0 Å². The maximum absolute atomic E-state index is 12.0. The number of aliphatic imine (C=N–C) groups is 1. The van der Waals surface area contributed by atoms with Crippen LogP contribution in [0, 0.1) is 0 Å². The monoisotopic (exact) mass is 435 g/mol. The van der Waals surface area contributed by atoms with Crippen LogP contribution in [0.2, 0.25) is 0 Å². The van der Waals surface area contributed by atoms with Gasteiger partial charge in [0.05, 0.1) is 7.11 Å². The molecule has 0 aliphatic carbocycles. The lowest BCUT2D eigenvalue weighted by molar-refractivity contribution is -0.129. The summed E-state index contributed by atoms with van der Waals surface area (Å²) >= 11 is 6.77. The minimum absolute atomic E-state index is 0.235. The zero-order chi connectivity index (χ0) is 16.4. The molecule has 3 rings (SSSR count). The molecule has 0 radical (unpaired) electrons. The molecule has 0 amide bonds. The first-order chi connectivity index (χ1) is 11.1. The first kappa shape index (κ1) is 16.0. The fraction of sp³-hybridized carbons (Fsp3) is 0.0588. The molecule has 0 unspecified atom stereocenters. The molecule has 1 aliphatic heterocycles. The molecule has 4 nitrogen and oxygen atoms in total. The van der Waals surface area contributed by atoms with E-state index in [4.69, 9.17) is 9.47 Å². The summed E-state index contributed by atoms with van der Waals surface area (Å²) in [7, 11) is 1.58. The molecule has 0 atom stereocenters. The molecule has 116 valence electrons. The Morgan fingerprint density at radius 3 is 2.48 bits per heavy atom. The molecule has 0 fully saturated rings. The van der Waals surface area contributed by atoms with E-state index in [9.17, 15) is 4.79 Å². The van der Waals surface area contributed by atoms with E-state index in [1.165, 1.54) is 0 Å². The van der Waals surface area contributed by atoms with Gasteiger partial charge in [-0.15, -0.1) is 0 Å². The predicted molar refractivity (Wildman–Crippen MR) is 95.4 cm³/mol. The molecule has 0 bridgehead atoms. The number of rotatable bonds is 3. The Labute approximate surface area is 150 Å². The molecule has 1 heterocycles. The topological polar surface area (TPSA) is 47.9 Å². The summed E-state index contributed by atoms with van der Waals surface area (Å²) in [5.74, 6) is 0.466. The Morgan fingerprint density at radius 1 is 1.09 bits per heavy atom. The molecule has 0 saturated carbocycles. The van der Waals surface area contributed by atoms with E-state index in [0.717, 1.165) is 20.1 Å². The zero-order valence-corrected chi connectivity index (χ0v) is 15.2. The number of ether oxygens (including phenoxy) is 2. The van der Waals surface area contributed by atoms with Gasteiger partial charge in [0.25, 0.3) is 0 Å². The maximum atomic E-state index is 12.0. The van der Waals surface area contributed by atoms with E-state index in [1.807, 2.05) is 42.5 Å². The standard InChI is InChI=1S/C17H11Br2NO3/c1-22-15-7-6-13(19)8-11(15)9-14-17(21)23-16(20-14)10-2-4-12(18)5-3-10/h2-9H,1H3/b14-9+. The van der Waals surface area contributed by atoms with E-state index in [2.05, 4.69) is 36.9 Å². The fourth-order valence-corrected chi connectivity index (χ4v) is 2.73. The molecule has 6 heteroatoms. The summed E-state index contributed by atoms with van der Waals surface area (Å²) in [5.41, 5.74) is 1.72. The fourth-order valence-electron chi connectivity index (χ4n) is 2.09. The Morgan fingerprint density at radius 2 is 1.78 bits per heavy atom. The van der Waals surface area contributed by atoms with Gasteiger partial charge in [-0.1, -0.05) is 31.9 Å². The second kappa shape index (κ2) is 6.68.